The van der Waals surface area contributed by atoms with Crippen LogP contribution in [0.4, 0.5) is 0 Å². The van der Waals surface area contributed by atoms with Gasteiger partial charge in [-0.15, -0.1) is 0 Å². The van der Waals surface area contributed by atoms with Gasteiger partial charge in [0.1, 0.15) is 11.5 Å². The lowest BCUT2D eigenvalue weighted by Gasteiger charge is -2.21. The van der Waals surface area contributed by atoms with Gasteiger partial charge in [0, 0.05) is 18.4 Å². The molecule has 22 heavy (non-hydrogen) atoms. The molecule has 0 bridgehead atoms. The molecule has 1 atom stereocenters. The lowest BCUT2D eigenvalue weighted by atomic mass is 9.85. The monoisotopic (exact) mass is 302 g/mol. The summed E-state index contributed by atoms with van der Waals surface area (Å²) in [5.74, 6) is 2.51. The molecule has 118 valence electrons. The number of furan rings is 1. The first-order valence-electron chi connectivity index (χ1n) is 7.94. The lowest BCUT2D eigenvalue weighted by molar-refractivity contribution is 0.0932. The minimum absolute atomic E-state index is 0.0563. The summed E-state index contributed by atoms with van der Waals surface area (Å²) in [5, 5.41) is 2.98. The van der Waals surface area contributed by atoms with Crippen LogP contribution in [0.5, 0.6) is 0 Å². The Morgan fingerprint density at radius 2 is 2.32 bits per heavy atom. The fourth-order valence-electron chi connectivity index (χ4n) is 2.64. The Kier molecular flexibility index (Phi) is 4.32. The SMILES string of the molecule is Cc1oc(C2CCC2)nc1C(=O)N[C@@H](C)CCc1ccco1. The molecule has 3 rings (SSSR count). The van der Waals surface area contributed by atoms with E-state index in [2.05, 4.69) is 10.3 Å². The molecule has 2 heterocycles. The van der Waals surface area contributed by atoms with Crippen molar-refractivity contribution in [2.75, 3.05) is 0 Å². The van der Waals surface area contributed by atoms with Gasteiger partial charge in [-0.05, 0) is 45.2 Å². The number of aryl methyl sites for hydroxylation is 2. The van der Waals surface area contributed by atoms with E-state index in [1.807, 2.05) is 19.1 Å². The van der Waals surface area contributed by atoms with E-state index in [0.717, 1.165) is 37.3 Å². The van der Waals surface area contributed by atoms with Crippen LogP contribution in [0, 0.1) is 6.92 Å². The number of amides is 1. The molecule has 0 aliphatic heterocycles. The third-order valence-electron chi connectivity index (χ3n) is 4.26. The highest BCUT2D eigenvalue weighted by atomic mass is 16.4. The second-order valence-electron chi connectivity index (χ2n) is 6.08. The molecule has 1 N–H and O–H groups in total. The van der Waals surface area contributed by atoms with Gasteiger partial charge in [-0.3, -0.25) is 4.79 Å². The molecule has 1 amide bonds. The summed E-state index contributed by atoms with van der Waals surface area (Å²) in [6.07, 6.45) is 6.74. The van der Waals surface area contributed by atoms with Crippen LogP contribution in [0.3, 0.4) is 0 Å². The van der Waals surface area contributed by atoms with E-state index in [1.54, 1.807) is 13.2 Å². The average molecular weight is 302 g/mol. The van der Waals surface area contributed by atoms with Gasteiger partial charge in [0.05, 0.1) is 6.26 Å². The molecular formula is C17H22N2O3. The molecule has 5 nitrogen and oxygen atoms in total. The zero-order valence-corrected chi connectivity index (χ0v) is 13.1. The van der Waals surface area contributed by atoms with Crippen molar-refractivity contribution in [2.45, 2.75) is 57.9 Å². The summed E-state index contributed by atoms with van der Waals surface area (Å²) >= 11 is 0. The van der Waals surface area contributed by atoms with Crippen LogP contribution in [0.25, 0.3) is 0 Å². The Labute approximate surface area is 130 Å². The Morgan fingerprint density at radius 1 is 1.50 bits per heavy atom. The molecule has 5 heteroatoms. The quantitative estimate of drug-likeness (QED) is 0.885. The number of rotatable bonds is 6. The van der Waals surface area contributed by atoms with E-state index in [0.29, 0.717) is 17.4 Å². The third-order valence-corrected chi connectivity index (χ3v) is 4.26. The van der Waals surface area contributed by atoms with Gasteiger partial charge in [0.15, 0.2) is 11.6 Å². The first-order valence-corrected chi connectivity index (χ1v) is 7.94. The molecule has 0 aromatic carbocycles. The van der Waals surface area contributed by atoms with Crippen LogP contribution >= 0.6 is 0 Å². The van der Waals surface area contributed by atoms with Crippen molar-refractivity contribution in [3.63, 3.8) is 0 Å². The second-order valence-corrected chi connectivity index (χ2v) is 6.08. The van der Waals surface area contributed by atoms with Crippen molar-refractivity contribution in [1.29, 1.82) is 0 Å². The van der Waals surface area contributed by atoms with E-state index < -0.39 is 0 Å². The zero-order valence-electron chi connectivity index (χ0n) is 13.1. The maximum absolute atomic E-state index is 12.3. The summed E-state index contributed by atoms with van der Waals surface area (Å²) < 4.78 is 11.0. The van der Waals surface area contributed by atoms with Crippen LogP contribution in [0.1, 0.15) is 66.4 Å². The molecule has 2 aromatic heterocycles. The highest BCUT2D eigenvalue weighted by Gasteiger charge is 2.27. The number of hydrogen-bond donors (Lipinski definition) is 1. The smallest absolute Gasteiger partial charge is 0.273 e. The number of carbonyl (C=O) groups is 1. The van der Waals surface area contributed by atoms with Gasteiger partial charge in [-0.1, -0.05) is 6.42 Å². The number of nitrogens with one attached hydrogen (secondary N) is 1. The van der Waals surface area contributed by atoms with Crippen molar-refractivity contribution in [1.82, 2.24) is 10.3 Å². The highest BCUT2D eigenvalue weighted by Crippen LogP contribution is 2.36. The maximum atomic E-state index is 12.3. The number of oxazole rings is 1. The zero-order chi connectivity index (χ0) is 15.5. The lowest BCUT2D eigenvalue weighted by Crippen LogP contribution is -2.33. The minimum atomic E-state index is -0.154. The molecule has 1 saturated carbocycles. The van der Waals surface area contributed by atoms with Crippen LogP contribution in [0.15, 0.2) is 27.2 Å². The molecule has 0 saturated heterocycles. The summed E-state index contributed by atoms with van der Waals surface area (Å²) in [4.78, 5) is 16.7. The number of aromatic nitrogens is 1. The normalized spacial score (nSPS) is 16.3. The van der Waals surface area contributed by atoms with Gasteiger partial charge >= 0.3 is 0 Å². The summed E-state index contributed by atoms with van der Waals surface area (Å²) in [7, 11) is 0. The van der Waals surface area contributed by atoms with Gasteiger partial charge in [-0.25, -0.2) is 4.98 Å². The van der Waals surface area contributed by atoms with Crippen molar-refractivity contribution >= 4 is 5.91 Å². The predicted molar refractivity (Wildman–Crippen MR) is 81.8 cm³/mol. The third kappa shape index (κ3) is 3.24. The van der Waals surface area contributed by atoms with Crippen LogP contribution in [-0.2, 0) is 6.42 Å². The van der Waals surface area contributed by atoms with Crippen molar-refractivity contribution in [3.8, 4) is 0 Å². The average Bonchev–Trinajstić information content (AvgIpc) is 3.04. The predicted octanol–water partition coefficient (Wildman–Crippen LogP) is 3.59. The van der Waals surface area contributed by atoms with E-state index >= 15 is 0 Å². The Morgan fingerprint density at radius 3 is 2.95 bits per heavy atom. The molecule has 2 aromatic rings. The summed E-state index contributed by atoms with van der Waals surface area (Å²) in [5.41, 5.74) is 0.423. The van der Waals surface area contributed by atoms with E-state index in [1.165, 1.54) is 6.42 Å². The molecule has 1 fully saturated rings. The van der Waals surface area contributed by atoms with Crippen LogP contribution < -0.4 is 5.32 Å². The van der Waals surface area contributed by atoms with Crippen molar-refractivity contribution < 1.29 is 13.6 Å². The van der Waals surface area contributed by atoms with Gasteiger partial charge in [-0.2, -0.15) is 0 Å². The maximum Gasteiger partial charge on any atom is 0.273 e. The Hall–Kier alpha value is -2.04. The molecule has 1 aliphatic rings. The van der Waals surface area contributed by atoms with Crippen molar-refractivity contribution in [3.05, 3.63) is 41.5 Å². The molecular weight excluding hydrogens is 280 g/mol. The molecule has 0 radical (unpaired) electrons. The Bertz CT molecular complexity index is 626. The summed E-state index contributed by atoms with van der Waals surface area (Å²) in [6, 6.07) is 3.88. The topological polar surface area (TPSA) is 68.3 Å². The largest absolute Gasteiger partial charge is 0.469 e. The number of carbonyl (C=O) groups excluding carboxylic acids is 1. The second kappa shape index (κ2) is 6.38. The minimum Gasteiger partial charge on any atom is -0.469 e. The fourth-order valence-corrected chi connectivity index (χ4v) is 2.64. The number of hydrogen-bond acceptors (Lipinski definition) is 4. The van der Waals surface area contributed by atoms with Crippen molar-refractivity contribution in [2.24, 2.45) is 0 Å². The van der Waals surface area contributed by atoms with Gasteiger partial charge in [0.25, 0.3) is 5.91 Å². The van der Waals surface area contributed by atoms with E-state index in [4.69, 9.17) is 8.83 Å². The number of nitrogens with zero attached hydrogens (tertiary/aromatic N) is 1. The first-order chi connectivity index (χ1) is 10.6. The molecule has 1 aliphatic carbocycles. The van der Waals surface area contributed by atoms with Gasteiger partial charge < -0.3 is 14.2 Å². The highest BCUT2D eigenvalue weighted by molar-refractivity contribution is 5.93. The van der Waals surface area contributed by atoms with E-state index in [-0.39, 0.29) is 11.9 Å². The van der Waals surface area contributed by atoms with Crippen LogP contribution in [0.2, 0.25) is 0 Å². The van der Waals surface area contributed by atoms with Crippen LogP contribution in [-0.4, -0.2) is 16.9 Å². The Balaban J connectivity index is 1.55. The molecule has 0 spiro atoms. The fraction of sp³-hybridized carbons (Fsp3) is 0.529. The first kappa shape index (κ1) is 14.9. The molecule has 0 unspecified atom stereocenters. The van der Waals surface area contributed by atoms with Gasteiger partial charge in [0.2, 0.25) is 0 Å². The van der Waals surface area contributed by atoms with E-state index in [9.17, 15) is 4.79 Å². The summed E-state index contributed by atoms with van der Waals surface area (Å²) in [6.45, 7) is 3.79. The standard InChI is InChI=1S/C17H22N2O3/c1-11(8-9-14-7-4-10-21-14)18-16(20)15-12(2)22-17(19-15)13-5-3-6-13/h4,7,10-11,13H,3,5-6,8-9H2,1-2H3,(H,18,20)/t11-/m0/s1.